The van der Waals surface area contributed by atoms with Crippen LogP contribution < -0.4 is 5.32 Å². The number of hydrogen-bond acceptors (Lipinski definition) is 5. The summed E-state index contributed by atoms with van der Waals surface area (Å²) in [5.41, 5.74) is -0.215. The van der Waals surface area contributed by atoms with Crippen LogP contribution in [0.15, 0.2) is 10.7 Å². The molecular formula is C9H9ClN2O5S. The lowest BCUT2D eigenvalue weighted by molar-refractivity contribution is -0.148. The molecule has 2 aliphatic rings. The van der Waals surface area contributed by atoms with Crippen molar-refractivity contribution in [3.05, 3.63) is 10.7 Å². The number of β-lactam (4-membered cyclic amide) rings is 1. The van der Waals surface area contributed by atoms with Crippen molar-refractivity contribution in [1.82, 2.24) is 10.2 Å². The van der Waals surface area contributed by atoms with Crippen molar-refractivity contribution in [2.45, 2.75) is 11.4 Å². The van der Waals surface area contributed by atoms with Crippen LogP contribution in [0, 0.1) is 0 Å². The van der Waals surface area contributed by atoms with Gasteiger partial charge in [0.1, 0.15) is 17.1 Å². The van der Waals surface area contributed by atoms with Gasteiger partial charge < -0.3 is 15.2 Å². The number of aliphatic carboxylic acids is 1. The Bertz CT molecular complexity index is 466. The minimum absolute atomic E-state index is 0.119. The predicted octanol–water partition coefficient (Wildman–Crippen LogP) is 0.161. The average Bonchev–Trinajstić information content (AvgIpc) is 2.34. The Morgan fingerprint density at radius 1 is 1.61 bits per heavy atom. The molecule has 0 saturated carbocycles. The normalized spacial score (nSPS) is 26.3. The first kappa shape index (κ1) is 13.0. The Morgan fingerprint density at radius 3 is 2.83 bits per heavy atom. The number of hydrogen-bond donors (Lipinski definition) is 2. The molecule has 1 saturated heterocycles. The molecule has 7 nitrogen and oxygen atoms in total. The van der Waals surface area contributed by atoms with Crippen LogP contribution in [0.1, 0.15) is 0 Å². The zero-order chi connectivity index (χ0) is 13.4. The zero-order valence-electron chi connectivity index (χ0n) is 9.18. The first-order chi connectivity index (χ1) is 8.47. The number of amides is 2. The topological polar surface area (TPSA) is 95.9 Å². The molecule has 0 radical (unpaired) electrons. The minimum Gasteiger partial charge on any atom is -0.477 e. The fourth-order valence-corrected chi connectivity index (χ4v) is 3.32. The van der Waals surface area contributed by atoms with Crippen LogP contribution >= 0.6 is 23.4 Å². The van der Waals surface area contributed by atoms with E-state index in [0.29, 0.717) is 0 Å². The summed E-state index contributed by atoms with van der Waals surface area (Å²) >= 11 is 7.08. The summed E-state index contributed by atoms with van der Waals surface area (Å²) in [5, 5.41) is 11.0. The monoisotopic (exact) mass is 292 g/mol. The van der Waals surface area contributed by atoms with Crippen LogP contribution in [0.3, 0.4) is 0 Å². The SMILES string of the molecule is COC(=O)NC1C(=O)N2C(C(=O)O)=C(Cl)CSC12. The van der Waals surface area contributed by atoms with Gasteiger partial charge in [-0.15, -0.1) is 11.8 Å². The summed E-state index contributed by atoms with van der Waals surface area (Å²) in [6.45, 7) is 0. The van der Waals surface area contributed by atoms with Gasteiger partial charge in [-0.05, 0) is 0 Å². The Balaban J connectivity index is 2.18. The van der Waals surface area contributed by atoms with E-state index < -0.39 is 29.4 Å². The standard InChI is InChI=1S/C9H9ClN2O5S/c1-17-9(16)11-4-6(13)12-5(8(14)15)3(10)2-18-7(4)12/h4,7H,2H2,1H3,(H,11,16)(H,14,15). The molecule has 0 spiro atoms. The lowest BCUT2D eigenvalue weighted by Crippen LogP contribution is -2.70. The molecule has 9 heteroatoms. The number of ether oxygens (including phenoxy) is 1. The largest absolute Gasteiger partial charge is 0.477 e. The van der Waals surface area contributed by atoms with E-state index in [1.54, 1.807) is 0 Å². The molecular weight excluding hydrogens is 284 g/mol. The molecule has 2 amide bonds. The molecule has 0 aliphatic carbocycles. The summed E-state index contributed by atoms with van der Waals surface area (Å²) in [6, 6.07) is -0.776. The van der Waals surface area contributed by atoms with E-state index in [1.165, 1.54) is 18.9 Å². The maximum atomic E-state index is 11.8. The number of carbonyl (C=O) groups is 3. The smallest absolute Gasteiger partial charge is 0.407 e. The molecule has 2 N–H and O–H groups in total. The Hall–Kier alpha value is -1.41. The fraction of sp³-hybridized carbons (Fsp3) is 0.444. The van der Waals surface area contributed by atoms with Gasteiger partial charge in [-0.25, -0.2) is 9.59 Å². The molecule has 2 aliphatic heterocycles. The van der Waals surface area contributed by atoms with Gasteiger partial charge in [0.15, 0.2) is 0 Å². The second-order valence-corrected chi connectivity index (χ2v) is 5.14. The second-order valence-electron chi connectivity index (χ2n) is 3.58. The molecule has 0 aromatic carbocycles. The zero-order valence-corrected chi connectivity index (χ0v) is 10.7. The molecule has 2 rings (SSSR count). The number of rotatable bonds is 2. The minimum atomic E-state index is -1.25. The van der Waals surface area contributed by atoms with Crippen LogP contribution in [0.4, 0.5) is 4.79 Å². The highest BCUT2D eigenvalue weighted by Crippen LogP contribution is 2.41. The van der Waals surface area contributed by atoms with E-state index in [9.17, 15) is 14.4 Å². The molecule has 2 atom stereocenters. The van der Waals surface area contributed by atoms with Crippen LogP contribution in [0.5, 0.6) is 0 Å². The van der Waals surface area contributed by atoms with Gasteiger partial charge in [0, 0.05) is 5.75 Å². The number of alkyl carbamates (subject to hydrolysis) is 1. The number of nitrogens with one attached hydrogen (secondary N) is 1. The number of nitrogens with zero attached hydrogens (tertiary/aromatic N) is 1. The summed E-state index contributed by atoms with van der Waals surface area (Å²) < 4.78 is 4.40. The Kier molecular flexibility index (Phi) is 3.40. The molecule has 0 aromatic rings. The first-order valence-corrected chi connectivity index (χ1v) is 6.31. The Morgan fingerprint density at radius 2 is 2.28 bits per heavy atom. The third kappa shape index (κ3) is 1.91. The summed E-state index contributed by atoms with van der Waals surface area (Å²) in [7, 11) is 1.18. The van der Waals surface area contributed by atoms with E-state index in [0.717, 1.165) is 4.90 Å². The van der Waals surface area contributed by atoms with Crippen molar-refractivity contribution >= 4 is 41.3 Å². The number of fused-ring (bicyclic) bond motifs is 1. The molecule has 2 unspecified atom stereocenters. The molecule has 98 valence electrons. The number of methoxy groups -OCH3 is 1. The van der Waals surface area contributed by atoms with Gasteiger partial charge in [0.2, 0.25) is 0 Å². The third-order valence-electron chi connectivity index (χ3n) is 2.58. The maximum Gasteiger partial charge on any atom is 0.407 e. The fourth-order valence-electron chi connectivity index (χ4n) is 1.77. The number of thioether (sulfide) groups is 1. The van der Waals surface area contributed by atoms with Gasteiger partial charge in [0.25, 0.3) is 5.91 Å². The molecule has 18 heavy (non-hydrogen) atoms. The van der Waals surface area contributed by atoms with Crippen molar-refractivity contribution in [3.8, 4) is 0 Å². The number of carboxylic acid groups (broad SMARTS) is 1. The number of carboxylic acids is 1. The Labute approximate surface area is 111 Å². The van der Waals surface area contributed by atoms with Crippen LogP contribution in [0.2, 0.25) is 0 Å². The van der Waals surface area contributed by atoms with Crippen LogP contribution in [-0.2, 0) is 14.3 Å². The van der Waals surface area contributed by atoms with Crippen molar-refractivity contribution in [1.29, 1.82) is 0 Å². The quantitative estimate of drug-likeness (QED) is 0.704. The summed E-state index contributed by atoms with van der Waals surface area (Å²) in [4.78, 5) is 35.0. The lowest BCUT2D eigenvalue weighted by Gasteiger charge is -2.48. The van der Waals surface area contributed by atoms with Gasteiger partial charge in [-0.3, -0.25) is 9.69 Å². The van der Waals surface area contributed by atoms with E-state index in [-0.39, 0.29) is 16.5 Å². The molecule has 1 fully saturated rings. The second kappa shape index (κ2) is 4.69. The third-order valence-corrected chi connectivity index (χ3v) is 4.33. The predicted molar refractivity (Wildman–Crippen MR) is 62.9 cm³/mol. The van der Waals surface area contributed by atoms with E-state index >= 15 is 0 Å². The van der Waals surface area contributed by atoms with E-state index in [1.807, 2.05) is 0 Å². The van der Waals surface area contributed by atoms with E-state index in [2.05, 4.69) is 10.1 Å². The van der Waals surface area contributed by atoms with Crippen molar-refractivity contribution in [2.24, 2.45) is 0 Å². The van der Waals surface area contributed by atoms with Crippen molar-refractivity contribution in [2.75, 3.05) is 12.9 Å². The number of halogens is 1. The average molecular weight is 293 g/mol. The lowest BCUT2D eigenvalue weighted by atomic mass is 10.1. The van der Waals surface area contributed by atoms with Gasteiger partial charge in [-0.2, -0.15) is 0 Å². The first-order valence-electron chi connectivity index (χ1n) is 4.88. The van der Waals surface area contributed by atoms with Gasteiger partial charge >= 0.3 is 12.1 Å². The number of carbonyl (C=O) groups excluding carboxylic acids is 2. The van der Waals surface area contributed by atoms with Crippen LogP contribution in [0.25, 0.3) is 0 Å². The highest BCUT2D eigenvalue weighted by molar-refractivity contribution is 8.00. The maximum absolute atomic E-state index is 11.8. The van der Waals surface area contributed by atoms with Gasteiger partial charge in [-0.1, -0.05) is 11.6 Å². The highest BCUT2D eigenvalue weighted by atomic mass is 35.5. The van der Waals surface area contributed by atoms with E-state index in [4.69, 9.17) is 16.7 Å². The van der Waals surface area contributed by atoms with Crippen molar-refractivity contribution < 1.29 is 24.2 Å². The van der Waals surface area contributed by atoms with Crippen molar-refractivity contribution in [3.63, 3.8) is 0 Å². The van der Waals surface area contributed by atoms with Gasteiger partial charge in [0.05, 0.1) is 12.1 Å². The summed E-state index contributed by atoms with van der Waals surface area (Å²) in [5.74, 6) is -1.47. The molecule has 0 bridgehead atoms. The summed E-state index contributed by atoms with van der Waals surface area (Å²) in [6.07, 6.45) is -0.730. The molecule has 2 heterocycles. The highest BCUT2D eigenvalue weighted by Gasteiger charge is 2.54. The van der Waals surface area contributed by atoms with Crippen LogP contribution in [-0.4, -0.2) is 52.3 Å². The molecule has 0 aromatic heterocycles.